The van der Waals surface area contributed by atoms with Crippen molar-refractivity contribution < 1.29 is 14.6 Å². The molecule has 3 atom stereocenters. The lowest BCUT2D eigenvalue weighted by atomic mass is 9.85. The Hall–Kier alpha value is -1.39. The molecule has 2 heterocycles. The van der Waals surface area contributed by atoms with Gasteiger partial charge in [0.2, 0.25) is 0 Å². The van der Waals surface area contributed by atoms with Gasteiger partial charge in [-0.2, -0.15) is 0 Å². The number of morpholine rings is 1. The lowest BCUT2D eigenvalue weighted by Crippen LogP contribution is -2.57. The second-order valence-corrected chi connectivity index (χ2v) is 5.51. The molecular weight excluding hydrogens is 242 g/mol. The quantitative estimate of drug-likeness (QED) is 0.900. The van der Waals surface area contributed by atoms with Gasteiger partial charge in [-0.1, -0.05) is 30.3 Å². The molecular formula is C15H19NO3. The highest BCUT2D eigenvalue weighted by molar-refractivity contribution is 5.70. The van der Waals surface area contributed by atoms with E-state index >= 15 is 0 Å². The number of aliphatic carboxylic acids is 1. The Morgan fingerprint density at radius 1 is 1.21 bits per heavy atom. The summed E-state index contributed by atoms with van der Waals surface area (Å²) >= 11 is 0. The maximum atomic E-state index is 11.2. The summed E-state index contributed by atoms with van der Waals surface area (Å²) in [6.45, 7) is 2.21. The molecule has 0 aliphatic carbocycles. The molecule has 0 amide bonds. The summed E-state index contributed by atoms with van der Waals surface area (Å²) < 4.78 is 5.60. The van der Waals surface area contributed by atoms with Crippen LogP contribution in [-0.2, 0) is 16.1 Å². The highest BCUT2D eigenvalue weighted by Gasteiger charge is 2.41. The Kier molecular flexibility index (Phi) is 3.53. The molecule has 3 rings (SSSR count). The van der Waals surface area contributed by atoms with Gasteiger partial charge in [-0.05, 0) is 18.4 Å². The third-order valence-electron chi connectivity index (χ3n) is 4.23. The van der Waals surface area contributed by atoms with Crippen molar-refractivity contribution in [1.29, 1.82) is 0 Å². The number of carboxylic acid groups (broad SMARTS) is 1. The number of hydrogen-bond acceptors (Lipinski definition) is 3. The van der Waals surface area contributed by atoms with Crippen molar-refractivity contribution in [3.63, 3.8) is 0 Å². The third kappa shape index (κ3) is 2.65. The van der Waals surface area contributed by atoms with Crippen LogP contribution in [0.5, 0.6) is 0 Å². The number of piperidine rings is 1. The Morgan fingerprint density at radius 2 is 1.84 bits per heavy atom. The standard InChI is InChI=1S/C15H19NO3/c17-15(18)12-6-13-9-19-10-14(7-12)16(13)8-11-4-2-1-3-5-11/h1-5,12-14H,6-10H2,(H,17,18)/t12?,13-,14+. The fourth-order valence-corrected chi connectivity index (χ4v) is 3.24. The van der Waals surface area contributed by atoms with Gasteiger partial charge < -0.3 is 9.84 Å². The van der Waals surface area contributed by atoms with Crippen LogP contribution in [0.4, 0.5) is 0 Å². The Morgan fingerprint density at radius 3 is 2.42 bits per heavy atom. The van der Waals surface area contributed by atoms with Crippen molar-refractivity contribution >= 4 is 5.97 Å². The van der Waals surface area contributed by atoms with Gasteiger partial charge in [0.1, 0.15) is 0 Å². The van der Waals surface area contributed by atoms with Gasteiger partial charge in [-0.3, -0.25) is 9.69 Å². The van der Waals surface area contributed by atoms with Crippen molar-refractivity contribution in [3.05, 3.63) is 35.9 Å². The van der Waals surface area contributed by atoms with E-state index in [9.17, 15) is 9.90 Å². The molecule has 1 unspecified atom stereocenters. The maximum Gasteiger partial charge on any atom is 0.306 e. The number of carbonyl (C=O) groups is 1. The molecule has 1 aromatic carbocycles. The van der Waals surface area contributed by atoms with Gasteiger partial charge in [0.25, 0.3) is 0 Å². The molecule has 2 bridgehead atoms. The van der Waals surface area contributed by atoms with Crippen LogP contribution in [-0.4, -0.2) is 41.3 Å². The number of hydrogen-bond donors (Lipinski definition) is 1. The average Bonchev–Trinajstić information content (AvgIpc) is 2.39. The number of fused-ring (bicyclic) bond motifs is 2. The fourth-order valence-electron chi connectivity index (χ4n) is 3.24. The van der Waals surface area contributed by atoms with Gasteiger partial charge in [-0.15, -0.1) is 0 Å². The van der Waals surface area contributed by atoms with Crippen LogP contribution in [0.3, 0.4) is 0 Å². The SMILES string of the molecule is O=C(O)C1C[C@H]2COC[C@@H](C1)N2Cc1ccccc1. The summed E-state index contributed by atoms with van der Waals surface area (Å²) in [5.41, 5.74) is 1.29. The highest BCUT2D eigenvalue weighted by Crippen LogP contribution is 2.32. The monoisotopic (exact) mass is 261 g/mol. The third-order valence-corrected chi connectivity index (χ3v) is 4.23. The molecule has 19 heavy (non-hydrogen) atoms. The zero-order chi connectivity index (χ0) is 13.2. The van der Waals surface area contributed by atoms with E-state index in [0.717, 1.165) is 6.54 Å². The number of benzene rings is 1. The molecule has 1 aromatic rings. The van der Waals surface area contributed by atoms with E-state index in [1.807, 2.05) is 18.2 Å². The van der Waals surface area contributed by atoms with Crippen LogP contribution in [0, 0.1) is 5.92 Å². The largest absolute Gasteiger partial charge is 0.481 e. The number of rotatable bonds is 3. The van der Waals surface area contributed by atoms with Crippen LogP contribution in [0.1, 0.15) is 18.4 Å². The van der Waals surface area contributed by atoms with Gasteiger partial charge in [-0.25, -0.2) is 0 Å². The Bertz CT molecular complexity index is 434. The van der Waals surface area contributed by atoms with E-state index in [1.54, 1.807) is 0 Å². The number of carboxylic acids is 1. The van der Waals surface area contributed by atoms with E-state index in [2.05, 4.69) is 17.0 Å². The zero-order valence-electron chi connectivity index (χ0n) is 10.9. The summed E-state index contributed by atoms with van der Waals surface area (Å²) in [5, 5.41) is 9.21. The van der Waals surface area contributed by atoms with E-state index in [-0.39, 0.29) is 18.0 Å². The molecule has 0 spiro atoms. The first-order valence-electron chi connectivity index (χ1n) is 6.84. The van der Waals surface area contributed by atoms with Crippen molar-refractivity contribution in [2.24, 2.45) is 5.92 Å². The van der Waals surface area contributed by atoms with Gasteiger partial charge in [0.15, 0.2) is 0 Å². The van der Waals surface area contributed by atoms with Crippen molar-refractivity contribution in [2.75, 3.05) is 13.2 Å². The minimum atomic E-state index is -0.656. The molecule has 1 N–H and O–H groups in total. The summed E-state index contributed by atoms with van der Waals surface area (Å²) in [4.78, 5) is 13.6. The first-order valence-corrected chi connectivity index (χ1v) is 6.84. The lowest BCUT2D eigenvalue weighted by Gasteiger charge is -2.47. The Balaban J connectivity index is 1.74. The van der Waals surface area contributed by atoms with Crippen LogP contribution < -0.4 is 0 Å². The minimum absolute atomic E-state index is 0.203. The summed E-state index contributed by atoms with van der Waals surface area (Å²) in [5.74, 6) is -0.859. The molecule has 2 saturated heterocycles. The van der Waals surface area contributed by atoms with E-state index in [0.29, 0.717) is 26.1 Å². The van der Waals surface area contributed by atoms with Crippen LogP contribution in [0.2, 0.25) is 0 Å². The number of nitrogens with zero attached hydrogens (tertiary/aromatic N) is 1. The van der Waals surface area contributed by atoms with Crippen LogP contribution in [0.15, 0.2) is 30.3 Å². The van der Waals surface area contributed by atoms with Crippen LogP contribution in [0.25, 0.3) is 0 Å². The number of ether oxygens (including phenoxy) is 1. The molecule has 4 nitrogen and oxygen atoms in total. The van der Waals surface area contributed by atoms with E-state index in [4.69, 9.17) is 4.74 Å². The Labute approximate surface area is 113 Å². The molecule has 2 aliphatic rings. The lowest BCUT2D eigenvalue weighted by molar-refractivity contribution is -0.151. The second kappa shape index (κ2) is 5.31. The summed E-state index contributed by atoms with van der Waals surface area (Å²) in [6.07, 6.45) is 1.41. The zero-order valence-corrected chi connectivity index (χ0v) is 10.9. The van der Waals surface area contributed by atoms with Gasteiger partial charge in [0.05, 0.1) is 19.1 Å². The molecule has 2 fully saturated rings. The van der Waals surface area contributed by atoms with E-state index in [1.165, 1.54) is 5.56 Å². The first kappa shape index (κ1) is 12.6. The molecule has 0 aromatic heterocycles. The topological polar surface area (TPSA) is 49.8 Å². The van der Waals surface area contributed by atoms with E-state index < -0.39 is 5.97 Å². The highest BCUT2D eigenvalue weighted by atomic mass is 16.5. The van der Waals surface area contributed by atoms with Crippen LogP contribution >= 0.6 is 0 Å². The average molecular weight is 261 g/mol. The van der Waals surface area contributed by atoms with Gasteiger partial charge >= 0.3 is 5.97 Å². The maximum absolute atomic E-state index is 11.2. The van der Waals surface area contributed by atoms with Crippen molar-refractivity contribution in [1.82, 2.24) is 4.90 Å². The molecule has 2 aliphatic heterocycles. The van der Waals surface area contributed by atoms with Crippen molar-refractivity contribution in [2.45, 2.75) is 31.5 Å². The molecule has 0 saturated carbocycles. The predicted octanol–water partition coefficient (Wildman–Crippen LogP) is 1.75. The summed E-state index contributed by atoms with van der Waals surface area (Å²) in [6, 6.07) is 10.9. The normalized spacial score (nSPS) is 31.1. The second-order valence-electron chi connectivity index (χ2n) is 5.51. The molecule has 102 valence electrons. The van der Waals surface area contributed by atoms with Crippen molar-refractivity contribution in [3.8, 4) is 0 Å². The molecule has 4 heteroatoms. The predicted molar refractivity (Wildman–Crippen MR) is 70.7 cm³/mol. The van der Waals surface area contributed by atoms with Gasteiger partial charge in [0, 0.05) is 18.6 Å². The first-order chi connectivity index (χ1) is 9.24. The fraction of sp³-hybridized carbons (Fsp3) is 0.533. The summed E-state index contributed by atoms with van der Waals surface area (Å²) in [7, 11) is 0. The smallest absolute Gasteiger partial charge is 0.306 e. The molecule has 0 radical (unpaired) electrons. The minimum Gasteiger partial charge on any atom is -0.481 e.